The van der Waals surface area contributed by atoms with Crippen LogP contribution in [0.3, 0.4) is 0 Å². The molecule has 2 N–H and O–H groups in total. The van der Waals surface area contributed by atoms with E-state index in [0.29, 0.717) is 41.2 Å². The van der Waals surface area contributed by atoms with Gasteiger partial charge in [0, 0.05) is 63.1 Å². The Kier molecular flexibility index (Phi) is 9.34. The molecule has 0 amide bonds. The molecule has 222 valence electrons. The van der Waals surface area contributed by atoms with Gasteiger partial charge in [0.15, 0.2) is 11.5 Å². The molecule has 2 aliphatic rings. The number of allylic oxidation sites excluding steroid dienone is 1. The number of aryl methyl sites for hydroxylation is 1. The summed E-state index contributed by atoms with van der Waals surface area (Å²) in [6.07, 6.45) is 8.83. The number of anilines is 3. The van der Waals surface area contributed by atoms with E-state index in [4.69, 9.17) is 19.8 Å². The number of nitrogens with one attached hydrogen (secondary N) is 1. The second-order valence-corrected chi connectivity index (χ2v) is 10.8. The van der Waals surface area contributed by atoms with Crippen molar-refractivity contribution in [3.05, 3.63) is 76.9 Å². The van der Waals surface area contributed by atoms with Gasteiger partial charge in [0.05, 0.1) is 6.54 Å². The molecule has 1 aromatic carbocycles. The number of ether oxygens (including phenoxy) is 1. The molecular formula is C32H41N7O3. The van der Waals surface area contributed by atoms with Crippen molar-refractivity contribution in [2.24, 2.45) is 5.92 Å². The maximum Gasteiger partial charge on any atom is 0.278 e. The fourth-order valence-electron chi connectivity index (χ4n) is 6.13. The smallest absolute Gasteiger partial charge is 0.278 e. The van der Waals surface area contributed by atoms with E-state index >= 15 is 0 Å². The highest BCUT2D eigenvalue weighted by molar-refractivity contribution is 5.77. The van der Waals surface area contributed by atoms with Crippen molar-refractivity contribution >= 4 is 28.4 Å². The van der Waals surface area contributed by atoms with Crippen LogP contribution >= 0.6 is 0 Å². The minimum atomic E-state index is -0.158. The summed E-state index contributed by atoms with van der Waals surface area (Å²) in [4.78, 5) is 30.1. The number of hydrogen-bond acceptors (Lipinski definition) is 8. The van der Waals surface area contributed by atoms with Crippen LogP contribution in [-0.2, 0) is 17.7 Å². The predicted octanol–water partition coefficient (Wildman–Crippen LogP) is 4.82. The normalized spacial score (nSPS) is 16.7. The Labute approximate surface area is 246 Å². The molecule has 4 heterocycles. The van der Waals surface area contributed by atoms with Crippen LogP contribution in [0.1, 0.15) is 49.8 Å². The zero-order valence-corrected chi connectivity index (χ0v) is 24.8. The molecule has 0 radical (unpaired) electrons. The van der Waals surface area contributed by atoms with E-state index in [-0.39, 0.29) is 5.56 Å². The third kappa shape index (κ3) is 5.82. The summed E-state index contributed by atoms with van der Waals surface area (Å²) < 4.78 is 8.78. The van der Waals surface area contributed by atoms with Gasteiger partial charge in [0.25, 0.3) is 5.56 Å². The predicted molar refractivity (Wildman–Crippen MR) is 167 cm³/mol. The lowest BCUT2D eigenvalue weighted by molar-refractivity contribution is 0.139. The second-order valence-electron chi connectivity index (χ2n) is 10.8. The summed E-state index contributed by atoms with van der Waals surface area (Å²) in [5, 5.41) is 10.8. The Hall–Kier alpha value is -4.02. The molecule has 1 aliphatic carbocycles. The highest BCUT2D eigenvalue weighted by atomic mass is 16.5. The summed E-state index contributed by atoms with van der Waals surface area (Å²) in [5.74, 6) is 2.21. The zero-order valence-electron chi connectivity index (χ0n) is 24.8. The Morgan fingerprint density at radius 2 is 1.86 bits per heavy atom. The maximum atomic E-state index is 13.3. The van der Waals surface area contributed by atoms with Gasteiger partial charge in [-0.2, -0.15) is 4.98 Å². The molecule has 42 heavy (non-hydrogen) atoms. The van der Waals surface area contributed by atoms with E-state index in [0.717, 1.165) is 70.3 Å². The Bertz CT molecular complexity index is 1570. The lowest BCUT2D eigenvalue weighted by Gasteiger charge is -2.33. The first-order chi connectivity index (χ1) is 20.6. The lowest BCUT2D eigenvalue weighted by atomic mass is 9.97. The topological polar surface area (TPSA) is 110 Å². The molecule has 6 rings (SSSR count). The first-order valence-corrected chi connectivity index (χ1v) is 14.7. The molecule has 0 bridgehead atoms. The number of nitrogens with zero attached hydrogens (tertiary/aromatic N) is 6. The second kappa shape index (κ2) is 13.3. The molecule has 1 aliphatic heterocycles. The number of pyridine rings is 1. The number of piperidine rings is 1. The van der Waals surface area contributed by atoms with E-state index in [1.165, 1.54) is 11.3 Å². The molecule has 10 nitrogen and oxygen atoms in total. The molecule has 1 saturated heterocycles. The zero-order chi connectivity index (χ0) is 29.6. The van der Waals surface area contributed by atoms with Gasteiger partial charge in [-0.05, 0) is 73.9 Å². The summed E-state index contributed by atoms with van der Waals surface area (Å²) in [7, 11) is 2.78. The summed E-state index contributed by atoms with van der Waals surface area (Å²) in [6, 6.07) is 12.5. The van der Waals surface area contributed by atoms with Crippen LogP contribution in [0.2, 0.25) is 0 Å². The van der Waals surface area contributed by atoms with Crippen molar-refractivity contribution < 1.29 is 9.84 Å². The minimum Gasteiger partial charge on any atom is -0.400 e. The van der Waals surface area contributed by atoms with Crippen LogP contribution in [0.25, 0.3) is 16.9 Å². The van der Waals surface area contributed by atoms with E-state index in [1.54, 1.807) is 24.1 Å². The number of aliphatic hydroxyl groups excluding tert-OH is 1. The van der Waals surface area contributed by atoms with Gasteiger partial charge in [-0.1, -0.05) is 19.1 Å². The highest BCUT2D eigenvalue weighted by Crippen LogP contribution is 2.34. The van der Waals surface area contributed by atoms with Gasteiger partial charge in [-0.25, -0.2) is 19.3 Å². The van der Waals surface area contributed by atoms with Crippen LogP contribution in [0.15, 0.2) is 60.0 Å². The molecule has 10 heteroatoms. The molecule has 3 aromatic heterocycles. The van der Waals surface area contributed by atoms with E-state index < -0.39 is 0 Å². The largest absolute Gasteiger partial charge is 0.400 e. The molecule has 0 saturated carbocycles. The van der Waals surface area contributed by atoms with Crippen molar-refractivity contribution in [2.75, 3.05) is 44.1 Å². The standard InChI is InChI=1S/C31H37N7O2.CH4O/c1-4-16-37-30(39)26-19-32-31(33-24-9-11-25(12-10-24)36-17-14-21(15-18-36)20-40-3)35-29(26)38(37)27-13-8-23-7-6-22(5-2)28(23)34-27;1-2/h4,8-13,19,21-22H,1,5-7,14-18,20H2,2-3H3,(H,32,33,35);2H,1H3. The SMILES string of the molecule is C=CCn1c(=O)c2cnc(Nc3ccc(N4CCC(COC)CC4)cc3)nc2n1-c1ccc2c(n1)C(CC)CC2.CO. The third-order valence-electron chi connectivity index (χ3n) is 8.34. The first-order valence-electron chi connectivity index (χ1n) is 14.7. The molecule has 1 fully saturated rings. The van der Waals surface area contributed by atoms with Gasteiger partial charge < -0.3 is 20.1 Å². The van der Waals surface area contributed by atoms with Gasteiger partial charge in [0.2, 0.25) is 5.95 Å². The lowest BCUT2D eigenvalue weighted by Crippen LogP contribution is -2.34. The molecular weight excluding hydrogens is 530 g/mol. The van der Waals surface area contributed by atoms with Crippen molar-refractivity contribution in [3.8, 4) is 5.82 Å². The van der Waals surface area contributed by atoms with Crippen LogP contribution < -0.4 is 15.8 Å². The van der Waals surface area contributed by atoms with Gasteiger partial charge in [-0.3, -0.25) is 4.79 Å². The van der Waals surface area contributed by atoms with Crippen molar-refractivity contribution in [1.82, 2.24) is 24.3 Å². The number of methoxy groups -OCH3 is 1. The van der Waals surface area contributed by atoms with Gasteiger partial charge >= 0.3 is 0 Å². The highest BCUT2D eigenvalue weighted by Gasteiger charge is 2.25. The average Bonchev–Trinajstić information content (AvgIpc) is 3.56. The monoisotopic (exact) mass is 571 g/mol. The Balaban J connectivity index is 0.00000173. The van der Waals surface area contributed by atoms with Crippen molar-refractivity contribution in [1.29, 1.82) is 0 Å². The molecule has 1 atom stereocenters. The van der Waals surface area contributed by atoms with Crippen LogP contribution in [0.4, 0.5) is 17.3 Å². The fourth-order valence-corrected chi connectivity index (χ4v) is 6.13. The number of hydrogen-bond donors (Lipinski definition) is 2. The fraction of sp³-hybridized carbons (Fsp3) is 0.438. The number of benzene rings is 1. The van der Waals surface area contributed by atoms with E-state index in [9.17, 15) is 4.79 Å². The Morgan fingerprint density at radius 3 is 2.55 bits per heavy atom. The first kappa shape index (κ1) is 29.5. The molecule has 1 unspecified atom stereocenters. The van der Waals surface area contributed by atoms with E-state index in [2.05, 4.69) is 46.9 Å². The summed E-state index contributed by atoms with van der Waals surface area (Å²) in [6.45, 7) is 9.32. The number of aromatic nitrogens is 5. The van der Waals surface area contributed by atoms with Crippen LogP contribution in [-0.4, -0.2) is 63.3 Å². The Morgan fingerprint density at radius 1 is 1.10 bits per heavy atom. The number of fused-ring (bicyclic) bond motifs is 2. The van der Waals surface area contributed by atoms with Gasteiger partial charge in [-0.15, -0.1) is 6.58 Å². The van der Waals surface area contributed by atoms with Crippen LogP contribution in [0.5, 0.6) is 0 Å². The third-order valence-corrected chi connectivity index (χ3v) is 8.34. The van der Waals surface area contributed by atoms with E-state index in [1.807, 2.05) is 22.9 Å². The van der Waals surface area contributed by atoms with Gasteiger partial charge in [0.1, 0.15) is 5.39 Å². The van der Waals surface area contributed by atoms with Crippen LogP contribution in [0, 0.1) is 5.92 Å². The number of rotatable bonds is 9. The van der Waals surface area contributed by atoms with Crippen molar-refractivity contribution in [3.63, 3.8) is 0 Å². The maximum absolute atomic E-state index is 13.3. The average molecular weight is 572 g/mol. The number of aliphatic hydroxyl groups is 1. The minimum absolute atomic E-state index is 0.158. The van der Waals surface area contributed by atoms with Crippen molar-refractivity contribution in [2.45, 2.75) is 51.5 Å². The quantitative estimate of drug-likeness (QED) is 0.275. The summed E-state index contributed by atoms with van der Waals surface area (Å²) in [5.41, 5.74) is 4.89. The summed E-state index contributed by atoms with van der Waals surface area (Å²) >= 11 is 0. The molecule has 0 spiro atoms. The molecule has 4 aromatic rings.